The molecule has 2 atom stereocenters. The van der Waals surface area contributed by atoms with Crippen molar-refractivity contribution in [3.05, 3.63) is 24.3 Å². The molecule has 134 valence electrons. The predicted octanol–water partition coefficient (Wildman–Crippen LogP) is 3.34. The van der Waals surface area contributed by atoms with E-state index in [1.54, 1.807) is 7.11 Å². The van der Waals surface area contributed by atoms with Crippen LogP contribution in [0.2, 0.25) is 0 Å². The van der Waals surface area contributed by atoms with E-state index in [2.05, 4.69) is 24.0 Å². The lowest BCUT2D eigenvalue weighted by atomic mass is 9.92. The summed E-state index contributed by atoms with van der Waals surface area (Å²) in [5.74, 6) is 2.72. The Morgan fingerprint density at radius 2 is 2.08 bits per heavy atom. The van der Waals surface area contributed by atoms with Crippen LogP contribution in [0.25, 0.3) is 11.5 Å². The number of carbonyl (C=O) groups is 1. The van der Waals surface area contributed by atoms with Gasteiger partial charge in [-0.25, -0.2) is 0 Å². The molecule has 0 radical (unpaired) electrons. The molecule has 3 rings (SSSR count). The van der Waals surface area contributed by atoms with E-state index in [0.717, 1.165) is 24.4 Å². The van der Waals surface area contributed by atoms with E-state index in [1.807, 2.05) is 29.2 Å². The molecule has 0 saturated carbocycles. The Labute approximate surface area is 151 Å². The third kappa shape index (κ3) is 4.54. The van der Waals surface area contributed by atoms with Gasteiger partial charge < -0.3 is 14.1 Å². The first-order valence-corrected chi connectivity index (χ1v) is 9.42. The first kappa shape index (κ1) is 17.8. The van der Waals surface area contributed by atoms with Crippen molar-refractivity contribution >= 4 is 17.7 Å². The van der Waals surface area contributed by atoms with E-state index < -0.39 is 0 Å². The van der Waals surface area contributed by atoms with Crippen molar-refractivity contribution in [2.45, 2.75) is 25.5 Å². The van der Waals surface area contributed by atoms with Crippen LogP contribution in [0.1, 0.15) is 20.3 Å². The molecule has 1 amide bonds. The van der Waals surface area contributed by atoms with Crippen LogP contribution in [0.5, 0.6) is 5.75 Å². The van der Waals surface area contributed by atoms with Gasteiger partial charge in [0.05, 0.1) is 12.9 Å². The van der Waals surface area contributed by atoms with Gasteiger partial charge in [0.25, 0.3) is 5.22 Å². The summed E-state index contributed by atoms with van der Waals surface area (Å²) < 4.78 is 10.9. The number of ether oxygens (including phenoxy) is 1. The summed E-state index contributed by atoms with van der Waals surface area (Å²) in [5.41, 5.74) is 0.795. The minimum atomic E-state index is 0.129. The standard InChI is InChI=1S/C18H23N3O3S/c1-12-7-13(2)10-21(9-12)16(22)11-25-18-20-19-17(24-18)14-5-4-6-15(8-14)23-3/h4-6,8,12-13H,7,9-11H2,1-3H3/t12-,13-/m1/s1. The molecule has 0 aliphatic carbocycles. The molecule has 1 fully saturated rings. The molecule has 1 aromatic heterocycles. The molecule has 0 spiro atoms. The van der Waals surface area contributed by atoms with Crippen LogP contribution in [0.4, 0.5) is 0 Å². The van der Waals surface area contributed by atoms with E-state index in [4.69, 9.17) is 9.15 Å². The van der Waals surface area contributed by atoms with Crippen LogP contribution in [-0.4, -0.2) is 47.0 Å². The number of nitrogens with zero attached hydrogens (tertiary/aromatic N) is 3. The Kier molecular flexibility index (Phi) is 5.63. The molecule has 2 aromatic rings. The molecule has 1 aliphatic heterocycles. The molecule has 25 heavy (non-hydrogen) atoms. The van der Waals surface area contributed by atoms with Gasteiger partial charge in [0.2, 0.25) is 11.8 Å². The van der Waals surface area contributed by atoms with Crippen LogP contribution >= 0.6 is 11.8 Å². The van der Waals surface area contributed by atoms with Crippen molar-refractivity contribution in [3.63, 3.8) is 0 Å². The van der Waals surface area contributed by atoms with E-state index >= 15 is 0 Å². The maximum Gasteiger partial charge on any atom is 0.277 e. The van der Waals surface area contributed by atoms with Crippen LogP contribution in [-0.2, 0) is 4.79 Å². The molecule has 7 heteroatoms. The summed E-state index contributed by atoms with van der Waals surface area (Å²) in [7, 11) is 1.61. The highest BCUT2D eigenvalue weighted by Gasteiger charge is 2.25. The average molecular weight is 361 g/mol. The van der Waals surface area contributed by atoms with Gasteiger partial charge in [-0.3, -0.25) is 4.79 Å². The van der Waals surface area contributed by atoms with Crippen molar-refractivity contribution in [2.75, 3.05) is 26.0 Å². The number of hydrogen-bond donors (Lipinski definition) is 0. The van der Waals surface area contributed by atoms with Gasteiger partial charge in [-0.1, -0.05) is 31.7 Å². The molecule has 0 bridgehead atoms. The number of amides is 1. The van der Waals surface area contributed by atoms with Crippen LogP contribution < -0.4 is 4.74 Å². The monoisotopic (exact) mass is 361 g/mol. The number of carbonyl (C=O) groups excluding carboxylic acids is 1. The van der Waals surface area contributed by atoms with Gasteiger partial charge in [-0.05, 0) is 36.5 Å². The smallest absolute Gasteiger partial charge is 0.277 e. The molecular weight excluding hydrogens is 338 g/mol. The lowest BCUT2D eigenvalue weighted by molar-refractivity contribution is -0.130. The summed E-state index contributed by atoms with van der Waals surface area (Å²) in [6.07, 6.45) is 1.19. The van der Waals surface area contributed by atoms with Gasteiger partial charge in [0.15, 0.2) is 0 Å². The highest BCUT2D eigenvalue weighted by atomic mass is 32.2. The van der Waals surface area contributed by atoms with Crippen molar-refractivity contribution in [3.8, 4) is 17.2 Å². The zero-order valence-electron chi connectivity index (χ0n) is 14.8. The minimum Gasteiger partial charge on any atom is -0.497 e. The highest BCUT2D eigenvalue weighted by molar-refractivity contribution is 7.99. The first-order chi connectivity index (χ1) is 12.0. The zero-order chi connectivity index (χ0) is 17.8. The van der Waals surface area contributed by atoms with Gasteiger partial charge >= 0.3 is 0 Å². The summed E-state index contributed by atoms with van der Waals surface area (Å²) in [5, 5.41) is 8.49. The van der Waals surface area contributed by atoms with Crippen LogP contribution in [0.3, 0.4) is 0 Å². The fourth-order valence-corrected chi connectivity index (χ4v) is 3.89. The van der Waals surface area contributed by atoms with Crippen LogP contribution in [0.15, 0.2) is 33.9 Å². The summed E-state index contributed by atoms with van der Waals surface area (Å²) in [4.78, 5) is 14.4. The second-order valence-corrected chi connectivity index (χ2v) is 7.57. The Balaban J connectivity index is 1.59. The second-order valence-electron chi connectivity index (χ2n) is 6.64. The van der Waals surface area contributed by atoms with Gasteiger partial charge in [0, 0.05) is 18.7 Å². The minimum absolute atomic E-state index is 0.129. The van der Waals surface area contributed by atoms with Crippen molar-refractivity contribution in [2.24, 2.45) is 11.8 Å². The Morgan fingerprint density at radius 3 is 2.80 bits per heavy atom. The molecule has 0 unspecified atom stereocenters. The van der Waals surface area contributed by atoms with E-state index in [9.17, 15) is 4.79 Å². The molecular formula is C18H23N3O3S. The molecule has 0 N–H and O–H groups in total. The zero-order valence-corrected chi connectivity index (χ0v) is 15.6. The number of benzene rings is 1. The maximum atomic E-state index is 12.4. The maximum absolute atomic E-state index is 12.4. The molecule has 1 saturated heterocycles. The fourth-order valence-electron chi connectivity index (χ4n) is 3.22. The third-order valence-corrected chi connectivity index (χ3v) is 5.07. The predicted molar refractivity (Wildman–Crippen MR) is 96.5 cm³/mol. The summed E-state index contributed by atoms with van der Waals surface area (Å²) in [6.45, 7) is 6.06. The molecule has 1 aromatic carbocycles. The highest BCUT2D eigenvalue weighted by Crippen LogP contribution is 2.27. The van der Waals surface area contributed by atoms with Crippen molar-refractivity contribution in [1.29, 1.82) is 0 Å². The molecule has 2 heterocycles. The SMILES string of the molecule is COc1cccc(-c2nnc(SCC(=O)N3C[C@H](C)C[C@@H](C)C3)o2)c1. The van der Waals surface area contributed by atoms with Gasteiger partial charge in [0.1, 0.15) is 5.75 Å². The third-order valence-electron chi connectivity index (χ3n) is 4.26. The lowest BCUT2D eigenvalue weighted by Gasteiger charge is -2.34. The molecule has 1 aliphatic rings. The number of methoxy groups -OCH3 is 1. The number of piperidine rings is 1. The quantitative estimate of drug-likeness (QED) is 0.761. The summed E-state index contributed by atoms with van der Waals surface area (Å²) >= 11 is 1.29. The number of thioether (sulfide) groups is 1. The van der Waals surface area contributed by atoms with E-state index in [0.29, 0.717) is 28.7 Å². The first-order valence-electron chi connectivity index (χ1n) is 8.43. The lowest BCUT2D eigenvalue weighted by Crippen LogP contribution is -2.43. The fraction of sp³-hybridized carbons (Fsp3) is 0.500. The van der Waals surface area contributed by atoms with Gasteiger partial charge in [-0.15, -0.1) is 10.2 Å². The number of aromatic nitrogens is 2. The largest absolute Gasteiger partial charge is 0.497 e. The van der Waals surface area contributed by atoms with Crippen LogP contribution in [0, 0.1) is 11.8 Å². The topological polar surface area (TPSA) is 68.5 Å². The normalized spacial score (nSPS) is 20.5. The Hall–Kier alpha value is -2.02. The van der Waals surface area contributed by atoms with Gasteiger partial charge in [-0.2, -0.15) is 0 Å². The summed E-state index contributed by atoms with van der Waals surface area (Å²) in [6, 6.07) is 7.44. The number of likely N-dealkylation sites (tertiary alicyclic amines) is 1. The number of hydrogen-bond acceptors (Lipinski definition) is 6. The number of rotatable bonds is 5. The second kappa shape index (κ2) is 7.91. The van der Waals surface area contributed by atoms with Crippen molar-refractivity contribution < 1.29 is 13.9 Å². The van der Waals surface area contributed by atoms with E-state index in [-0.39, 0.29) is 5.91 Å². The molecule has 6 nitrogen and oxygen atoms in total. The average Bonchev–Trinajstić information content (AvgIpc) is 3.08. The Bertz CT molecular complexity index is 724. The van der Waals surface area contributed by atoms with Crippen molar-refractivity contribution in [1.82, 2.24) is 15.1 Å². The van der Waals surface area contributed by atoms with E-state index in [1.165, 1.54) is 18.2 Å². The Morgan fingerprint density at radius 1 is 1.32 bits per heavy atom.